The summed E-state index contributed by atoms with van der Waals surface area (Å²) in [6.07, 6.45) is -0.860. The van der Waals surface area contributed by atoms with Gasteiger partial charge in [0, 0.05) is 25.0 Å². The molecule has 1 saturated heterocycles. The molecule has 0 radical (unpaired) electrons. The smallest absolute Gasteiger partial charge is 0.254 e. The Kier molecular flexibility index (Phi) is 16.4. The van der Waals surface area contributed by atoms with Gasteiger partial charge in [-0.2, -0.15) is 0 Å². The number of carbonyl (C=O) groups excluding carboxylic acids is 1. The number of ether oxygens (including phenoxy) is 4. The topological polar surface area (TPSA) is 69.3 Å². The van der Waals surface area contributed by atoms with E-state index in [0.29, 0.717) is 39.5 Å². The van der Waals surface area contributed by atoms with Crippen molar-refractivity contribution in [1.82, 2.24) is 10.2 Å². The molecule has 0 bridgehead atoms. The highest BCUT2D eigenvalue weighted by Gasteiger charge is 2.59. The van der Waals surface area contributed by atoms with E-state index in [9.17, 15) is 0 Å². The Morgan fingerprint density at radius 1 is 0.577 bits per heavy atom. The van der Waals surface area contributed by atoms with Crippen molar-refractivity contribution in [3.8, 4) is 0 Å². The zero-order chi connectivity index (χ0) is 48.9. The maximum atomic E-state index is 16.8. The molecule has 1 aliphatic carbocycles. The van der Waals surface area contributed by atoms with E-state index in [4.69, 9.17) is 18.9 Å². The molecular formula is C64H70N2O5. The van der Waals surface area contributed by atoms with Gasteiger partial charge >= 0.3 is 0 Å². The maximum absolute atomic E-state index is 16.8. The average molecular weight is 947 g/mol. The minimum absolute atomic E-state index is 0.0530. The average Bonchev–Trinajstić information content (AvgIpc) is 3.66. The van der Waals surface area contributed by atoms with Crippen LogP contribution in [0.4, 0.5) is 0 Å². The molecule has 2 aliphatic rings. The molecule has 2 fully saturated rings. The van der Waals surface area contributed by atoms with Crippen LogP contribution in [0.5, 0.6) is 0 Å². The van der Waals surface area contributed by atoms with Gasteiger partial charge in [-0.15, -0.1) is 0 Å². The van der Waals surface area contributed by atoms with Gasteiger partial charge in [0.2, 0.25) is 0 Å². The van der Waals surface area contributed by atoms with Crippen molar-refractivity contribution in [3.63, 3.8) is 0 Å². The first-order chi connectivity index (χ1) is 34.8. The van der Waals surface area contributed by atoms with Crippen molar-refractivity contribution in [2.45, 2.75) is 89.8 Å². The van der Waals surface area contributed by atoms with Crippen LogP contribution in [-0.2, 0) is 55.6 Å². The second kappa shape index (κ2) is 23.4. The zero-order valence-corrected chi connectivity index (χ0v) is 41.7. The first kappa shape index (κ1) is 49.8. The molecule has 7 heteroatoms. The van der Waals surface area contributed by atoms with Crippen LogP contribution in [0.25, 0.3) is 0 Å². The fraction of sp³-hybridized carbons (Fsp3) is 0.328. The Balaban J connectivity index is 1.22. The van der Waals surface area contributed by atoms with Crippen molar-refractivity contribution >= 4 is 5.91 Å². The van der Waals surface area contributed by atoms with Crippen molar-refractivity contribution in [1.29, 1.82) is 0 Å². The van der Waals surface area contributed by atoms with Gasteiger partial charge in [-0.25, -0.2) is 0 Å². The Bertz CT molecular complexity index is 2580. The summed E-state index contributed by atoms with van der Waals surface area (Å²) in [4.78, 5) is 19.0. The van der Waals surface area contributed by atoms with Crippen LogP contribution in [0, 0.1) is 16.7 Å². The number of carbonyl (C=O) groups is 1. The molecule has 1 heterocycles. The third kappa shape index (κ3) is 11.5. The van der Waals surface area contributed by atoms with Crippen molar-refractivity contribution in [2.75, 3.05) is 26.2 Å². The van der Waals surface area contributed by atoms with Crippen LogP contribution in [-0.4, -0.2) is 61.4 Å². The molecule has 9 rings (SSSR count). The minimum atomic E-state index is -1.10. The Morgan fingerprint density at radius 3 is 1.42 bits per heavy atom. The van der Waals surface area contributed by atoms with E-state index in [1.807, 2.05) is 48.5 Å². The van der Waals surface area contributed by atoms with Crippen molar-refractivity contribution in [3.05, 3.63) is 251 Å². The zero-order valence-electron chi connectivity index (χ0n) is 41.7. The van der Waals surface area contributed by atoms with Crippen molar-refractivity contribution < 1.29 is 23.7 Å². The number of piperazine rings is 1. The number of rotatable bonds is 21. The largest absolute Gasteiger partial charge is 0.376 e. The molecule has 0 aromatic heterocycles. The van der Waals surface area contributed by atoms with Crippen LogP contribution >= 0.6 is 0 Å². The second-order valence-corrected chi connectivity index (χ2v) is 20.5. The molecule has 7 aromatic carbocycles. The van der Waals surface area contributed by atoms with Gasteiger partial charge in [-0.1, -0.05) is 233 Å². The van der Waals surface area contributed by atoms with Gasteiger partial charge in [0.15, 0.2) is 6.10 Å². The molecule has 6 atom stereocenters. The van der Waals surface area contributed by atoms with Crippen LogP contribution in [0.1, 0.15) is 72.6 Å². The Morgan fingerprint density at radius 2 is 0.986 bits per heavy atom. The van der Waals surface area contributed by atoms with Gasteiger partial charge in [-0.3, -0.25) is 4.79 Å². The number of nitrogens with zero attached hydrogens (tertiary/aromatic N) is 1. The lowest BCUT2D eigenvalue weighted by Gasteiger charge is -2.51. The molecule has 1 unspecified atom stereocenters. The highest BCUT2D eigenvalue weighted by molar-refractivity contribution is 5.83. The fourth-order valence-corrected chi connectivity index (χ4v) is 12.0. The van der Waals surface area contributed by atoms with E-state index >= 15 is 4.79 Å². The van der Waals surface area contributed by atoms with E-state index in [2.05, 4.69) is 195 Å². The number of benzene rings is 7. The van der Waals surface area contributed by atoms with E-state index in [1.54, 1.807) is 0 Å². The summed E-state index contributed by atoms with van der Waals surface area (Å²) < 4.78 is 29.2. The molecule has 1 N–H and O–H groups in total. The first-order valence-corrected chi connectivity index (χ1v) is 25.5. The van der Waals surface area contributed by atoms with Crippen LogP contribution < -0.4 is 5.32 Å². The number of nitrogens with one attached hydrogen (secondary N) is 1. The van der Waals surface area contributed by atoms with Crippen LogP contribution in [0.15, 0.2) is 212 Å². The quantitative estimate of drug-likeness (QED) is 0.0724. The van der Waals surface area contributed by atoms with Crippen LogP contribution in [0.3, 0.4) is 0 Å². The summed E-state index contributed by atoms with van der Waals surface area (Å²) in [6.45, 7) is 10.3. The molecule has 7 nitrogen and oxygen atoms in total. The molecule has 1 aliphatic heterocycles. The van der Waals surface area contributed by atoms with E-state index in [-0.39, 0.29) is 36.5 Å². The number of hydrogen-bond acceptors (Lipinski definition) is 6. The summed E-state index contributed by atoms with van der Waals surface area (Å²) in [5, 5.41) is 3.76. The third-order valence-corrected chi connectivity index (χ3v) is 15.1. The lowest BCUT2D eigenvalue weighted by Crippen LogP contribution is -2.66. The van der Waals surface area contributed by atoms with Crippen molar-refractivity contribution in [2.24, 2.45) is 16.7 Å². The molecule has 1 amide bonds. The third-order valence-electron chi connectivity index (χ3n) is 15.1. The normalized spacial score (nSPS) is 20.2. The van der Waals surface area contributed by atoms with E-state index in [1.165, 1.54) is 0 Å². The monoisotopic (exact) mass is 947 g/mol. The van der Waals surface area contributed by atoms with Gasteiger partial charge < -0.3 is 29.2 Å². The molecule has 1 saturated carbocycles. The predicted octanol–water partition coefficient (Wildman–Crippen LogP) is 12.2. The lowest BCUT2D eigenvalue weighted by atomic mass is 9.63. The summed E-state index contributed by atoms with van der Waals surface area (Å²) in [5.74, 6) is 0.00631. The Labute approximate surface area is 422 Å². The van der Waals surface area contributed by atoms with Gasteiger partial charge in [0.05, 0.1) is 50.6 Å². The molecular weight excluding hydrogens is 877 g/mol. The lowest BCUT2D eigenvalue weighted by molar-refractivity contribution is -0.211. The molecule has 366 valence electrons. The molecule has 7 aromatic rings. The predicted molar refractivity (Wildman–Crippen MR) is 283 cm³/mol. The summed E-state index contributed by atoms with van der Waals surface area (Å²) in [5.41, 5.74) is 5.99. The second-order valence-electron chi connectivity index (χ2n) is 20.5. The number of hydrogen-bond donors (Lipinski definition) is 1. The maximum Gasteiger partial charge on any atom is 0.254 e. The van der Waals surface area contributed by atoms with Gasteiger partial charge in [0.25, 0.3) is 5.91 Å². The summed E-state index contributed by atoms with van der Waals surface area (Å²) in [6, 6.07) is 72.9. The van der Waals surface area contributed by atoms with E-state index < -0.39 is 29.1 Å². The molecule has 0 spiro atoms. The van der Waals surface area contributed by atoms with Gasteiger partial charge in [0.1, 0.15) is 6.10 Å². The highest BCUT2D eigenvalue weighted by Crippen LogP contribution is 2.57. The fourth-order valence-electron chi connectivity index (χ4n) is 12.0. The summed E-state index contributed by atoms with van der Waals surface area (Å²) in [7, 11) is 0. The summed E-state index contributed by atoms with van der Waals surface area (Å²) >= 11 is 0. The number of amides is 1. The first-order valence-electron chi connectivity index (χ1n) is 25.5. The SMILES string of the molecule is C[C@@H]1CC(C)(C)C[C@@]1(COCc1ccccc1)[C@H](OCc1ccccc1)[C@H](OCc1ccccc1)[C@@H](OCc1ccccc1)C(=O)N1CCNCC1C(c1ccccc1)(c1ccccc1)c1ccccc1. The van der Waals surface area contributed by atoms with Crippen LogP contribution in [0.2, 0.25) is 0 Å². The standard InChI is InChI=1S/C64H70N2O5/c1-49-41-62(2,3)47-63(49,48-68-43-50-25-11-4-12-26-50)60(71-46-53-31-17-7-18-32-53)58(69-44-51-27-13-5-14-28-51)59(70-45-52-29-15-6-16-30-52)61(67)66-40-39-65-42-57(66)64(54-33-19-8-20-34-54,55-35-21-9-22-36-55)56-37-23-10-24-38-56/h4-38,49,57-60,65H,39-48H2,1-3H3/t49-,57?,58-,59-,60-,63+/m1/s1. The van der Waals surface area contributed by atoms with Gasteiger partial charge in [-0.05, 0) is 63.1 Å². The molecule has 71 heavy (non-hydrogen) atoms. The van der Waals surface area contributed by atoms with E-state index in [0.717, 1.165) is 51.8 Å². The highest BCUT2D eigenvalue weighted by atomic mass is 16.6. The minimum Gasteiger partial charge on any atom is -0.376 e. The Hall–Kier alpha value is -6.19.